The van der Waals surface area contributed by atoms with E-state index in [1.807, 2.05) is 0 Å². The van der Waals surface area contributed by atoms with Gasteiger partial charge in [0.15, 0.2) is 0 Å². The molecule has 1 atom stereocenters. The van der Waals surface area contributed by atoms with Gasteiger partial charge in [-0.05, 0) is 39.2 Å². The summed E-state index contributed by atoms with van der Waals surface area (Å²) in [5, 5.41) is 7.51. The molecule has 1 aliphatic carbocycles. The number of nitrogens with one attached hydrogen (secondary N) is 1. The van der Waals surface area contributed by atoms with Crippen LogP contribution in [0.1, 0.15) is 70.7 Å². The van der Waals surface area contributed by atoms with Gasteiger partial charge in [-0.15, -0.1) is 0 Å². The number of methoxy groups -OCH3 is 1. The summed E-state index contributed by atoms with van der Waals surface area (Å²) in [7, 11) is 1.74. The lowest BCUT2D eigenvalue weighted by atomic mass is 9.85. The van der Waals surface area contributed by atoms with Gasteiger partial charge >= 0.3 is 0 Å². The van der Waals surface area contributed by atoms with Crippen molar-refractivity contribution in [2.24, 2.45) is 5.92 Å². The van der Waals surface area contributed by atoms with Crippen LogP contribution in [0.3, 0.4) is 0 Å². The van der Waals surface area contributed by atoms with E-state index in [0.717, 1.165) is 6.54 Å². The molecule has 0 aliphatic heterocycles. The van der Waals surface area contributed by atoms with Gasteiger partial charge in [-0.25, -0.2) is 0 Å². The molecular formula is C15H27N3O2. The Labute approximate surface area is 121 Å². The van der Waals surface area contributed by atoms with Crippen LogP contribution in [0.4, 0.5) is 0 Å². The summed E-state index contributed by atoms with van der Waals surface area (Å²) in [5.74, 6) is 1.84. The summed E-state index contributed by atoms with van der Waals surface area (Å²) < 4.78 is 11.1. The molecule has 1 fully saturated rings. The van der Waals surface area contributed by atoms with E-state index in [1.165, 1.54) is 32.1 Å². The Balaban J connectivity index is 2.13. The fourth-order valence-electron chi connectivity index (χ4n) is 3.07. The van der Waals surface area contributed by atoms with Crippen molar-refractivity contribution in [3.63, 3.8) is 0 Å². The van der Waals surface area contributed by atoms with Crippen LogP contribution in [0.5, 0.6) is 0 Å². The predicted octanol–water partition coefficient (Wildman–Crippen LogP) is 3.18. The monoisotopic (exact) mass is 281 g/mol. The maximum atomic E-state index is 5.66. The molecule has 1 aromatic rings. The van der Waals surface area contributed by atoms with Crippen LogP contribution in [-0.4, -0.2) is 23.8 Å². The van der Waals surface area contributed by atoms with E-state index >= 15 is 0 Å². The third-order valence-corrected chi connectivity index (χ3v) is 4.18. The Morgan fingerprint density at radius 3 is 2.65 bits per heavy atom. The molecule has 2 rings (SSSR count). The average molecular weight is 281 g/mol. The highest BCUT2D eigenvalue weighted by Gasteiger charge is 2.32. The van der Waals surface area contributed by atoms with Gasteiger partial charge in [0.05, 0.1) is 5.54 Å². The second-order valence-electron chi connectivity index (χ2n) is 6.17. The van der Waals surface area contributed by atoms with E-state index in [1.54, 1.807) is 7.11 Å². The SMILES string of the molecule is CCNC(C)(C)c1nc(C(OC)C2CCCCC2)no1. The van der Waals surface area contributed by atoms with Crippen LogP contribution < -0.4 is 5.32 Å². The number of hydrogen-bond acceptors (Lipinski definition) is 5. The zero-order valence-corrected chi connectivity index (χ0v) is 13.1. The highest BCUT2D eigenvalue weighted by Crippen LogP contribution is 2.35. The second kappa shape index (κ2) is 6.68. The smallest absolute Gasteiger partial charge is 0.246 e. The Morgan fingerprint density at radius 1 is 1.35 bits per heavy atom. The summed E-state index contributed by atoms with van der Waals surface area (Å²) >= 11 is 0. The largest absolute Gasteiger partial charge is 0.373 e. The topological polar surface area (TPSA) is 60.2 Å². The van der Waals surface area contributed by atoms with Gasteiger partial charge in [-0.1, -0.05) is 31.3 Å². The zero-order chi connectivity index (χ0) is 14.6. The fraction of sp³-hybridized carbons (Fsp3) is 0.867. The van der Waals surface area contributed by atoms with Gasteiger partial charge in [0.2, 0.25) is 11.7 Å². The van der Waals surface area contributed by atoms with Crippen molar-refractivity contribution in [3.05, 3.63) is 11.7 Å². The predicted molar refractivity (Wildman–Crippen MR) is 77.3 cm³/mol. The minimum absolute atomic E-state index is 0.0368. The minimum atomic E-state index is -0.301. The third kappa shape index (κ3) is 3.38. The quantitative estimate of drug-likeness (QED) is 0.867. The first-order valence-electron chi connectivity index (χ1n) is 7.70. The van der Waals surface area contributed by atoms with Gasteiger partial charge in [0, 0.05) is 7.11 Å². The summed E-state index contributed by atoms with van der Waals surface area (Å²) in [5.41, 5.74) is -0.301. The van der Waals surface area contributed by atoms with Crippen molar-refractivity contribution >= 4 is 0 Å². The molecule has 0 radical (unpaired) electrons. The van der Waals surface area contributed by atoms with Crippen LogP contribution >= 0.6 is 0 Å². The lowest BCUT2D eigenvalue weighted by molar-refractivity contribution is 0.0273. The molecule has 0 bridgehead atoms. The van der Waals surface area contributed by atoms with Crippen molar-refractivity contribution in [2.75, 3.05) is 13.7 Å². The van der Waals surface area contributed by atoms with Crippen molar-refractivity contribution in [3.8, 4) is 0 Å². The van der Waals surface area contributed by atoms with Gasteiger partial charge < -0.3 is 14.6 Å². The number of nitrogens with zero attached hydrogens (tertiary/aromatic N) is 2. The Kier molecular flexibility index (Phi) is 5.16. The lowest BCUT2D eigenvalue weighted by Gasteiger charge is -2.27. The molecule has 0 spiro atoms. The Bertz CT molecular complexity index is 411. The number of ether oxygens (including phenoxy) is 1. The Morgan fingerprint density at radius 2 is 2.05 bits per heavy atom. The van der Waals surface area contributed by atoms with Crippen LogP contribution in [-0.2, 0) is 10.3 Å². The molecule has 1 heterocycles. The van der Waals surface area contributed by atoms with Gasteiger partial charge in [-0.3, -0.25) is 0 Å². The third-order valence-electron chi connectivity index (χ3n) is 4.18. The minimum Gasteiger partial charge on any atom is -0.373 e. The van der Waals surface area contributed by atoms with Gasteiger partial charge in [-0.2, -0.15) is 4.98 Å². The first kappa shape index (κ1) is 15.4. The molecule has 1 aromatic heterocycles. The molecule has 1 N–H and O–H groups in total. The molecule has 1 saturated carbocycles. The first-order valence-corrected chi connectivity index (χ1v) is 7.70. The molecule has 1 unspecified atom stereocenters. The highest BCUT2D eigenvalue weighted by atomic mass is 16.5. The molecule has 0 saturated heterocycles. The zero-order valence-electron chi connectivity index (χ0n) is 13.1. The Hall–Kier alpha value is -0.940. The molecular weight excluding hydrogens is 254 g/mol. The summed E-state index contributed by atoms with van der Waals surface area (Å²) in [6, 6.07) is 0. The lowest BCUT2D eigenvalue weighted by Crippen LogP contribution is -2.36. The molecule has 0 aromatic carbocycles. The van der Waals surface area contributed by atoms with E-state index in [-0.39, 0.29) is 11.6 Å². The fourth-order valence-corrected chi connectivity index (χ4v) is 3.07. The molecule has 5 nitrogen and oxygen atoms in total. The first-order chi connectivity index (χ1) is 9.58. The highest BCUT2D eigenvalue weighted by molar-refractivity contribution is 5.02. The molecule has 20 heavy (non-hydrogen) atoms. The van der Waals surface area contributed by atoms with E-state index in [2.05, 4.69) is 36.2 Å². The van der Waals surface area contributed by atoms with Crippen LogP contribution in [0.2, 0.25) is 0 Å². The number of hydrogen-bond donors (Lipinski definition) is 1. The maximum absolute atomic E-state index is 5.66. The molecule has 0 amide bonds. The summed E-state index contributed by atoms with van der Waals surface area (Å²) in [4.78, 5) is 4.58. The molecule has 5 heteroatoms. The normalized spacial score (nSPS) is 19.2. The van der Waals surface area contributed by atoms with Crippen molar-refractivity contribution < 1.29 is 9.26 Å². The van der Waals surface area contributed by atoms with Crippen molar-refractivity contribution in [1.82, 2.24) is 15.5 Å². The van der Waals surface area contributed by atoms with Crippen LogP contribution in [0, 0.1) is 5.92 Å². The number of aromatic nitrogens is 2. The number of rotatable bonds is 6. The standard InChI is InChI=1S/C15H27N3O2/c1-5-16-15(2,3)14-17-13(18-20-14)12(19-4)11-9-7-6-8-10-11/h11-12,16H,5-10H2,1-4H3. The van der Waals surface area contributed by atoms with Crippen LogP contribution in [0.25, 0.3) is 0 Å². The molecule has 1 aliphatic rings. The van der Waals surface area contributed by atoms with Gasteiger partial charge in [0.1, 0.15) is 6.10 Å². The maximum Gasteiger partial charge on any atom is 0.246 e. The van der Waals surface area contributed by atoms with Gasteiger partial charge in [0.25, 0.3) is 0 Å². The van der Waals surface area contributed by atoms with Crippen molar-refractivity contribution in [2.45, 2.75) is 64.5 Å². The van der Waals surface area contributed by atoms with E-state index < -0.39 is 0 Å². The van der Waals surface area contributed by atoms with E-state index in [0.29, 0.717) is 17.6 Å². The average Bonchev–Trinajstić information content (AvgIpc) is 2.91. The summed E-state index contributed by atoms with van der Waals surface area (Å²) in [6.07, 6.45) is 6.23. The second-order valence-corrected chi connectivity index (χ2v) is 6.17. The van der Waals surface area contributed by atoms with Crippen molar-refractivity contribution in [1.29, 1.82) is 0 Å². The van der Waals surface area contributed by atoms with E-state index in [9.17, 15) is 0 Å². The summed E-state index contributed by atoms with van der Waals surface area (Å²) in [6.45, 7) is 7.03. The van der Waals surface area contributed by atoms with Crippen LogP contribution in [0.15, 0.2) is 4.52 Å². The molecule has 114 valence electrons. The van der Waals surface area contributed by atoms with E-state index in [4.69, 9.17) is 9.26 Å².